The molecule has 2 amide bonds. The molecule has 0 aliphatic rings. The van der Waals surface area contributed by atoms with Crippen molar-refractivity contribution in [2.75, 3.05) is 0 Å². The second-order valence-corrected chi connectivity index (χ2v) is 10.2. The van der Waals surface area contributed by atoms with Gasteiger partial charge in [0.05, 0.1) is 6.42 Å². The zero-order chi connectivity index (χ0) is 25.6. The molecule has 0 bridgehead atoms. The number of amides is 2. The third-order valence-corrected chi connectivity index (χ3v) is 6.17. The maximum atomic E-state index is 14.7. The molecule has 4 nitrogen and oxygen atoms in total. The highest BCUT2D eigenvalue weighted by molar-refractivity contribution is 6.36. The van der Waals surface area contributed by atoms with E-state index in [9.17, 15) is 14.0 Å². The monoisotopic (exact) mass is 514 g/mol. The van der Waals surface area contributed by atoms with Crippen LogP contribution in [0.1, 0.15) is 37.5 Å². The number of carbonyl (C=O) groups is 2. The van der Waals surface area contributed by atoms with Crippen LogP contribution in [0.2, 0.25) is 10.0 Å². The Hall–Kier alpha value is -2.89. The fraction of sp³-hybridized carbons (Fsp3) is 0.286. The van der Waals surface area contributed by atoms with E-state index in [1.807, 2.05) is 51.1 Å². The molecule has 3 aromatic rings. The molecule has 0 heterocycles. The van der Waals surface area contributed by atoms with Crippen molar-refractivity contribution in [2.45, 2.75) is 51.7 Å². The molecule has 1 atom stereocenters. The highest BCUT2D eigenvalue weighted by atomic mass is 35.5. The number of nitrogens with zero attached hydrogens (tertiary/aromatic N) is 1. The first-order valence-electron chi connectivity index (χ1n) is 11.4. The highest BCUT2D eigenvalue weighted by Crippen LogP contribution is 2.26. The number of halogens is 3. The van der Waals surface area contributed by atoms with Gasteiger partial charge in [-0.2, -0.15) is 0 Å². The summed E-state index contributed by atoms with van der Waals surface area (Å²) in [4.78, 5) is 28.7. The molecule has 0 fully saturated rings. The van der Waals surface area contributed by atoms with Gasteiger partial charge in [0, 0.05) is 34.1 Å². The predicted molar refractivity (Wildman–Crippen MR) is 139 cm³/mol. The predicted octanol–water partition coefficient (Wildman–Crippen LogP) is 6.23. The van der Waals surface area contributed by atoms with Crippen molar-refractivity contribution in [3.05, 3.63) is 105 Å². The molecule has 184 valence electrons. The van der Waals surface area contributed by atoms with Crippen LogP contribution in [-0.4, -0.2) is 28.3 Å². The van der Waals surface area contributed by atoms with E-state index in [0.717, 1.165) is 5.56 Å². The standard InChI is InChI=1S/C28H29Cl2FN2O2/c1-28(2,3)32-27(35)25(16-19-10-5-4-6-11-19)33(18-20-12-7-8-15-24(20)31)26(34)17-21-22(29)13-9-14-23(21)30/h4-15,25H,16-18H2,1-3H3,(H,32,35). The van der Waals surface area contributed by atoms with E-state index in [-0.39, 0.29) is 31.2 Å². The molecule has 0 saturated carbocycles. The summed E-state index contributed by atoms with van der Waals surface area (Å²) in [5, 5.41) is 3.70. The van der Waals surface area contributed by atoms with E-state index in [1.165, 1.54) is 11.0 Å². The fourth-order valence-corrected chi connectivity index (χ4v) is 4.30. The van der Waals surface area contributed by atoms with Crippen molar-refractivity contribution < 1.29 is 14.0 Å². The smallest absolute Gasteiger partial charge is 0.243 e. The molecule has 1 unspecified atom stereocenters. The molecule has 3 aromatic carbocycles. The van der Waals surface area contributed by atoms with Gasteiger partial charge in [-0.3, -0.25) is 9.59 Å². The number of carbonyl (C=O) groups excluding carboxylic acids is 2. The largest absolute Gasteiger partial charge is 0.350 e. The second-order valence-electron chi connectivity index (χ2n) is 9.43. The molecule has 1 N–H and O–H groups in total. The lowest BCUT2D eigenvalue weighted by Crippen LogP contribution is -2.54. The average Bonchev–Trinajstić information content (AvgIpc) is 2.79. The van der Waals surface area contributed by atoms with E-state index in [2.05, 4.69) is 5.32 Å². The lowest BCUT2D eigenvalue weighted by atomic mass is 9.99. The fourth-order valence-electron chi connectivity index (χ4n) is 3.77. The Bertz CT molecular complexity index is 1160. The van der Waals surface area contributed by atoms with Crippen LogP contribution in [0.5, 0.6) is 0 Å². The Morgan fingerprint density at radius 2 is 1.51 bits per heavy atom. The molecular formula is C28H29Cl2FN2O2. The third kappa shape index (κ3) is 7.55. The summed E-state index contributed by atoms with van der Waals surface area (Å²) >= 11 is 12.7. The maximum Gasteiger partial charge on any atom is 0.243 e. The van der Waals surface area contributed by atoms with Crippen molar-refractivity contribution in [3.63, 3.8) is 0 Å². The topological polar surface area (TPSA) is 49.4 Å². The average molecular weight is 515 g/mol. The lowest BCUT2D eigenvalue weighted by Gasteiger charge is -2.34. The van der Waals surface area contributed by atoms with E-state index < -0.39 is 17.4 Å². The van der Waals surface area contributed by atoms with Crippen LogP contribution >= 0.6 is 23.2 Å². The van der Waals surface area contributed by atoms with Crippen molar-refractivity contribution >= 4 is 35.0 Å². The zero-order valence-electron chi connectivity index (χ0n) is 20.0. The molecule has 35 heavy (non-hydrogen) atoms. The van der Waals surface area contributed by atoms with Gasteiger partial charge in [-0.05, 0) is 50.1 Å². The normalized spacial score (nSPS) is 12.2. The Balaban J connectivity index is 2.04. The van der Waals surface area contributed by atoms with Gasteiger partial charge in [-0.1, -0.05) is 77.8 Å². The summed E-state index contributed by atoms with van der Waals surface area (Å²) in [6.07, 6.45) is 0.139. The Kier molecular flexibility index (Phi) is 8.92. The van der Waals surface area contributed by atoms with Gasteiger partial charge in [-0.15, -0.1) is 0 Å². The van der Waals surface area contributed by atoms with Crippen molar-refractivity contribution in [3.8, 4) is 0 Å². The summed E-state index contributed by atoms with van der Waals surface area (Å²) in [6.45, 7) is 5.54. The van der Waals surface area contributed by atoms with Crippen LogP contribution in [0.15, 0.2) is 72.8 Å². The van der Waals surface area contributed by atoms with Gasteiger partial charge >= 0.3 is 0 Å². The zero-order valence-corrected chi connectivity index (χ0v) is 21.5. The lowest BCUT2D eigenvalue weighted by molar-refractivity contribution is -0.141. The van der Waals surface area contributed by atoms with Crippen molar-refractivity contribution in [1.29, 1.82) is 0 Å². The van der Waals surface area contributed by atoms with Crippen LogP contribution in [0.3, 0.4) is 0 Å². The number of hydrogen-bond donors (Lipinski definition) is 1. The first-order chi connectivity index (χ1) is 16.5. The van der Waals surface area contributed by atoms with Crippen LogP contribution in [0.4, 0.5) is 4.39 Å². The molecule has 0 aromatic heterocycles. The molecule has 3 rings (SSSR count). The molecule has 0 spiro atoms. The minimum Gasteiger partial charge on any atom is -0.350 e. The second kappa shape index (κ2) is 11.7. The Morgan fingerprint density at radius 1 is 0.914 bits per heavy atom. The van der Waals surface area contributed by atoms with Gasteiger partial charge in [0.1, 0.15) is 11.9 Å². The molecule has 0 aliphatic heterocycles. The number of hydrogen-bond acceptors (Lipinski definition) is 2. The number of rotatable bonds is 8. The molecular weight excluding hydrogens is 486 g/mol. The third-order valence-electron chi connectivity index (χ3n) is 5.46. The van der Waals surface area contributed by atoms with E-state index in [4.69, 9.17) is 23.2 Å². The summed E-state index contributed by atoms with van der Waals surface area (Å²) < 4.78 is 14.7. The van der Waals surface area contributed by atoms with E-state index >= 15 is 0 Å². The number of nitrogens with one attached hydrogen (secondary N) is 1. The van der Waals surface area contributed by atoms with Gasteiger partial charge < -0.3 is 10.2 Å². The first-order valence-corrected chi connectivity index (χ1v) is 12.1. The van der Waals surface area contributed by atoms with Crippen molar-refractivity contribution in [2.24, 2.45) is 0 Å². The van der Waals surface area contributed by atoms with Crippen LogP contribution in [0.25, 0.3) is 0 Å². The minimum atomic E-state index is -0.884. The maximum absolute atomic E-state index is 14.7. The van der Waals surface area contributed by atoms with Crippen LogP contribution < -0.4 is 5.32 Å². The van der Waals surface area contributed by atoms with Gasteiger partial charge in [0.25, 0.3) is 0 Å². The SMILES string of the molecule is CC(C)(C)NC(=O)C(Cc1ccccc1)N(Cc1ccccc1F)C(=O)Cc1c(Cl)cccc1Cl. The summed E-state index contributed by atoms with van der Waals surface area (Å²) in [5.41, 5.74) is 1.13. The number of benzene rings is 3. The highest BCUT2D eigenvalue weighted by Gasteiger charge is 2.33. The molecule has 7 heteroatoms. The summed E-state index contributed by atoms with van der Waals surface area (Å²) in [6, 6.07) is 19.8. The van der Waals surface area contributed by atoms with Gasteiger partial charge in [-0.25, -0.2) is 4.39 Å². The Labute approximate surface area is 216 Å². The van der Waals surface area contributed by atoms with Crippen molar-refractivity contribution in [1.82, 2.24) is 10.2 Å². The minimum absolute atomic E-state index is 0.0807. The van der Waals surface area contributed by atoms with E-state index in [1.54, 1.807) is 36.4 Å². The molecule has 0 radical (unpaired) electrons. The Morgan fingerprint density at radius 3 is 2.11 bits per heavy atom. The first kappa shape index (κ1) is 26.7. The van der Waals surface area contributed by atoms with E-state index in [0.29, 0.717) is 21.2 Å². The molecule has 0 saturated heterocycles. The van der Waals surface area contributed by atoms with Gasteiger partial charge in [0.15, 0.2) is 0 Å². The summed E-state index contributed by atoms with van der Waals surface area (Å²) in [5.74, 6) is -1.15. The van der Waals surface area contributed by atoms with Crippen LogP contribution in [-0.2, 0) is 29.0 Å². The molecule has 0 aliphatic carbocycles. The quantitative estimate of drug-likeness (QED) is 0.387. The van der Waals surface area contributed by atoms with Gasteiger partial charge in [0.2, 0.25) is 11.8 Å². The van der Waals surface area contributed by atoms with Crippen LogP contribution in [0, 0.1) is 5.82 Å². The summed E-state index contributed by atoms with van der Waals surface area (Å²) in [7, 11) is 0.